The van der Waals surface area contributed by atoms with E-state index in [9.17, 15) is 4.39 Å². The van der Waals surface area contributed by atoms with Crippen molar-refractivity contribution < 1.29 is 4.39 Å². The third-order valence-corrected chi connectivity index (χ3v) is 1.89. The van der Waals surface area contributed by atoms with Crippen molar-refractivity contribution in [2.24, 2.45) is 5.73 Å². The first-order chi connectivity index (χ1) is 6.81. The maximum Gasteiger partial charge on any atom is 0.143 e. The Hall–Kier alpha value is -1.75. The number of nitrogens with zero attached hydrogens (tertiary/aromatic N) is 3. The Morgan fingerprint density at radius 3 is 2.86 bits per heavy atom. The molecule has 0 radical (unpaired) electrons. The lowest BCUT2D eigenvalue weighted by molar-refractivity contribution is 0.619. The molecule has 0 unspecified atom stereocenters. The maximum atomic E-state index is 12.9. The van der Waals surface area contributed by atoms with E-state index in [2.05, 4.69) is 9.97 Å². The summed E-state index contributed by atoms with van der Waals surface area (Å²) in [6.45, 7) is 0.358. The van der Waals surface area contributed by atoms with E-state index in [1.54, 1.807) is 23.3 Å². The van der Waals surface area contributed by atoms with Crippen molar-refractivity contribution in [1.82, 2.24) is 14.5 Å². The van der Waals surface area contributed by atoms with Crippen molar-refractivity contribution in [2.45, 2.75) is 6.54 Å². The van der Waals surface area contributed by atoms with E-state index < -0.39 is 0 Å². The van der Waals surface area contributed by atoms with Gasteiger partial charge in [-0.1, -0.05) is 0 Å². The Morgan fingerprint density at radius 1 is 1.29 bits per heavy atom. The second-order valence-electron chi connectivity index (χ2n) is 2.82. The van der Waals surface area contributed by atoms with Gasteiger partial charge in [0.25, 0.3) is 0 Å². The van der Waals surface area contributed by atoms with Gasteiger partial charge in [0.2, 0.25) is 0 Å². The Kier molecular flexibility index (Phi) is 2.24. The molecule has 2 rings (SSSR count). The van der Waals surface area contributed by atoms with Crippen molar-refractivity contribution in [1.29, 1.82) is 0 Å². The number of rotatable bonds is 2. The van der Waals surface area contributed by atoms with Crippen LogP contribution in [0, 0.1) is 5.82 Å². The zero-order valence-electron chi connectivity index (χ0n) is 7.39. The first-order valence-corrected chi connectivity index (χ1v) is 4.13. The van der Waals surface area contributed by atoms with Crippen LogP contribution in [-0.4, -0.2) is 14.5 Å². The molecule has 2 N–H and O–H groups in total. The van der Waals surface area contributed by atoms with Crippen LogP contribution < -0.4 is 5.73 Å². The van der Waals surface area contributed by atoms with Crippen LogP contribution in [0.4, 0.5) is 4.39 Å². The monoisotopic (exact) mass is 192 g/mol. The molecule has 2 aromatic heterocycles. The van der Waals surface area contributed by atoms with Gasteiger partial charge in [-0.05, 0) is 0 Å². The molecule has 5 heteroatoms. The molecule has 0 amide bonds. The smallest absolute Gasteiger partial charge is 0.143 e. The molecule has 0 fully saturated rings. The lowest BCUT2D eigenvalue weighted by Crippen LogP contribution is -2.04. The molecule has 0 aliphatic carbocycles. The molecule has 0 aromatic carbocycles. The zero-order valence-corrected chi connectivity index (χ0v) is 7.39. The number of halogens is 1. The molecule has 0 aliphatic rings. The molecule has 0 bridgehead atoms. The second kappa shape index (κ2) is 3.55. The van der Waals surface area contributed by atoms with Crippen LogP contribution in [0.2, 0.25) is 0 Å². The van der Waals surface area contributed by atoms with Gasteiger partial charge in [0.05, 0.1) is 30.1 Å². The first kappa shape index (κ1) is 8.83. The van der Waals surface area contributed by atoms with E-state index in [0.717, 1.165) is 11.9 Å². The van der Waals surface area contributed by atoms with Crippen molar-refractivity contribution in [2.75, 3.05) is 0 Å². The van der Waals surface area contributed by atoms with Gasteiger partial charge in [-0.2, -0.15) is 0 Å². The molecule has 0 saturated carbocycles. The summed E-state index contributed by atoms with van der Waals surface area (Å²) in [5.74, 6) is -0.376. The van der Waals surface area contributed by atoms with Crippen LogP contribution in [-0.2, 0) is 6.54 Å². The summed E-state index contributed by atoms with van der Waals surface area (Å²) in [6.07, 6.45) is 5.94. The van der Waals surface area contributed by atoms with Crippen LogP contribution in [0.1, 0.15) is 5.69 Å². The van der Waals surface area contributed by atoms with Gasteiger partial charge >= 0.3 is 0 Å². The van der Waals surface area contributed by atoms with Gasteiger partial charge < -0.3 is 10.3 Å². The summed E-state index contributed by atoms with van der Waals surface area (Å²) in [7, 11) is 0. The first-order valence-electron chi connectivity index (χ1n) is 4.13. The minimum absolute atomic E-state index is 0.358. The fourth-order valence-corrected chi connectivity index (χ4v) is 1.24. The Morgan fingerprint density at radius 2 is 2.14 bits per heavy atom. The van der Waals surface area contributed by atoms with Crippen molar-refractivity contribution >= 4 is 0 Å². The lowest BCUT2D eigenvalue weighted by Gasteiger charge is -2.05. The van der Waals surface area contributed by atoms with E-state index >= 15 is 0 Å². The van der Waals surface area contributed by atoms with E-state index in [-0.39, 0.29) is 5.82 Å². The van der Waals surface area contributed by atoms with E-state index in [1.807, 2.05) is 0 Å². The minimum atomic E-state index is -0.376. The lowest BCUT2D eigenvalue weighted by atomic mass is 10.4. The van der Waals surface area contributed by atoms with Gasteiger partial charge in [0, 0.05) is 18.8 Å². The van der Waals surface area contributed by atoms with Gasteiger partial charge in [-0.15, -0.1) is 0 Å². The Labute approximate surface area is 80.2 Å². The average molecular weight is 192 g/mol. The van der Waals surface area contributed by atoms with E-state index in [0.29, 0.717) is 12.2 Å². The Balaban J connectivity index is 2.49. The number of imidazole rings is 1. The molecule has 2 heterocycles. The van der Waals surface area contributed by atoms with Crippen LogP contribution in [0.15, 0.2) is 31.0 Å². The number of nitrogens with two attached hydrogens (primary N) is 1. The molecule has 4 nitrogen and oxygen atoms in total. The zero-order chi connectivity index (χ0) is 9.97. The summed E-state index contributed by atoms with van der Waals surface area (Å²) in [6, 6.07) is 1.38. The SMILES string of the molecule is NCc1cncn1-c1cncc(F)c1. The van der Waals surface area contributed by atoms with Crippen molar-refractivity contribution in [3.63, 3.8) is 0 Å². The standard InChI is InChI=1S/C9H9FN4/c10-7-1-8(4-12-3-7)14-6-13-5-9(14)2-11/h1,3-6H,2,11H2. The number of hydrogen-bond donors (Lipinski definition) is 1. The van der Waals surface area contributed by atoms with Gasteiger partial charge in [0.15, 0.2) is 0 Å². The van der Waals surface area contributed by atoms with Crippen LogP contribution in [0.25, 0.3) is 5.69 Å². The predicted octanol–water partition coefficient (Wildman–Crippen LogP) is 0.865. The third kappa shape index (κ3) is 1.49. The highest BCUT2D eigenvalue weighted by molar-refractivity contribution is 5.30. The molecule has 72 valence electrons. The van der Waals surface area contributed by atoms with Crippen LogP contribution in [0.5, 0.6) is 0 Å². The number of pyridine rings is 1. The molecule has 0 atom stereocenters. The van der Waals surface area contributed by atoms with E-state index in [4.69, 9.17) is 5.73 Å². The van der Waals surface area contributed by atoms with Gasteiger partial charge in [-0.3, -0.25) is 4.98 Å². The highest BCUT2D eigenvalue weighted by atomic mass is 19.1. The van der Waals surface area contributed by atoms with Crippen LogP contribution >= 0.6 is 0 Å². The molecule has 0 aliphatic heterocycles. The summed E-state index contributed by atoms with van der Waals surface area (Å²) >= 11 is 0. The molecule has 2 aromatic rings. The molecular weight excluding hydrogens is 183 g/mol. The molecule has 0 saturated heterocycles. The molecule has 14 heavy (non-hydrogen) atoms. The van der Waals surface area contributed by atoms with E-state index in [1.165, 1.54) is 6.07 Å². The normalized spacial score (nSPS) is 10.4. The molecule has 0 spiro atoms. The topological polar surface area (TPSA) is 56.7 Å². The average Bonchev–Trinajstić information content (AvgIpc) is 2.65. The minimum Gasteiger partial charge on any atom is -0.325 e. The predicted molar refractivity (Wildman–Crippen MR) is 49.2 cm³/mol. The summed E-state index contributed by atoms with van der Waals surface area (Å²) < 4.78 is 14.6. The van der Waals surface area contributed by atoms with Crippen LogP contribution in [0.3, 0.4) is 0 Å². The van der Waals surface area contributed by atoms with Gasteiger partial charge in [0.1, 0.15) is 5.82 Å². The number of hydrogen-bond acceptors (Lipinski definition) is 3. The van der Waals surface area contributed by atoms with Gasteiger partial charge in [-0.25, -0.2) is 9.37 Å². The van der Waals surface area contributed by atoms with Crippen molar-refractivity contribution in [3.05, 3.63) is 42.5 Å². The van der Waals surface area contributed by atoms with Crippen molar-refractivity contribution in [3.8, 4) is 5.69 Å². The summed E-state index contributed by atoms with van der Waals surface area (Å²) in [5, 5.41) is 0. The molecular formula is C9H9FN4. The summed E-state index contributed by atoms with van der Waals surface area (Å²) in [4.78, 5) is 7.68. The third-order valence-electron chi connectivity index (χ3n) is 1.89. The Bertz CT molecular complexity index is 438. The maximum absolute atomic E-state index is 12.9. The largest absolute Gasteiger partial charge is 0.325 e. The fourth-order valence-electron chi connectivity index (χ4n) is 1.24. The fraction of sp³-hybridized carbons (Fsp3) is 0.111. The quantitative estimate of drug-likeness (QED) is 0.767. The number of aromatic nitrogens is 3. The second-order valence-corrected chi connectivity index (χ2v) is 2.82. The highest BCUT2D eigenvalue weighted by Gasteiger charge is 2.03. The summed E-state index contributed by atoms with van der Waals surface area (Å²) in [5.41, 5.74) is 6.94. The highest BCUT2D eigenvalue weighted by Crippen LogP contribution is 2.10.